The van der Waals surface area contributed by atoms with E-state index in [-0.39, 0.29) is 0 Å². The summed E-state index contributed by atoms with van der Waals surface area (Å²) in [4.78, 5) is 0.392. The number of benzene rings is 1. The third kappa shape index (κ3) is 3.42. The molecule has 1 saturated carbocycles. The molecule has 0 unspecified atom stereocenters. The Morgan fingerprint density at radius 2 is 2.00 bits per heavy atom. The van der Waals surface area contributed by atoms with E-state index in [1.165, 1.54) is 19.3 Å². The first-order chi connectivity index (χ1) is 8.16. The Balaban J connectivity index is 2.17. The zero-order chi connectivity index (χ0) is 12.3. The van der Waals surface area contributed by atoms with Crippen LogP contribution in [0, 0.1) is 0 Å². The Hall–Kier alpha value is -0.610. The molecule has 17 heavy (non-hydrogen) atoms. The van der Waals surface area contributed by atoms with E-state index in [0.29, 0.717) is 11.1 Å². The van der Waals surface area contributed by atoms with Crippen LogP contribution in [0.5, 0.6) is 5.75 Å². The lowest BCUT2D eigenvalue weighted by molar-refractivity contribution is 0.154. The summed E-state index contributed by atoms with van der Waals surface area (Å²) < 4.78 is 7.02. The fourth-order valence-electron chi connectivity index (χ4n) is 2.16. The quantitative estimate of drug-likeness (QED) is 0.862. The van der Waals surface area contributed by atoms with Crippen LogP contribution in [0.15, 0.2) is 22.7 Å². The summed E-state index contributed by atoms with van der Waals surface area (Å²) in [7, 11) is 0. The fraction of sp³-hybridized carbons (Fsp3) is 0.462. The predicted molar refractivity (Wildman–Crippen MR) is 77.5 cm³/mol. The lowest BCUT2D eigenvalue weighted by atomic mass is 9.97. The molecule has 2 N–H and O–H groups in total. The normalized spacial score (nSPS) is 16.8. The van der Waals surface area contributed by atoms with Crippen LogP contribution < -0.4 is 10.5 Å². The van der Waals surface area contributed by atoms with Gasteiger partial charge in [0.15, 0.2) is 0 Å². The first kappa shape index (κ1) is 12.8. The van der Waals surface area contributed by atoms with Crippen molar-refractivity contribution in [2.45, 2.75) is 38.2 Å². The molecule has 0 aliphatic heterocycles. The standard InChI is InChI=1S/C13H16BrNOS/c14-9-6-7-11(13(15)17)12(8-9)16-10-4-2-1-3-5-10/h6-8,10H,1-5H2,(H2,15,17). The van der Waals surface area contributed by atoms with Crippen LogP contribution in [0.3, 0.4) is 0 Å². The lowest BCUT2D eigenvalue weighted by Crippen LogP contribution is -2.21. The summed E-state index contributed by atoms with van der Waals surface area (Å²) in [5.41, 5.74) is 6.53. The topological polar surface area (TPSA) is 35.2 Å². The highest BCUT2D eigenvalue weighted by Gasteiger charge is 2.17. The molecule has 2 rings (SSSR count). The van der Waals surface area contributed by atoms with E-state index in [2.05, 4.69) is 15.9 Å². The monoisotopic (exact) mass is 313 g/mol. The zero-order valence-corrected chi connectivity index (χ0v) is 12.0. The van der Waals surface area contributed by atoms with Gasteiger partial charge in [-0.05, 0) is 43.9 Å². The third-order valence-electron chi connectivity index (χ3n) is 3.05. The van der Waals surface area contributed by atoms with Crippen molar-refractivity contribution >= 4 is 33.1 Å². The van der Waals surface area contributed by atoms with Crippen LogP contribution in [0.1, 0.15) is 37.7 Å². The van der Waals surface area contributed by atoms with E-state index in [9.17, 15) is 0 Å². The van der Waals surface area contributed by atoms with Gasteiger partial charge < -0.3 is 10.5 Å². The minimum Gasteiger partial charge on any atom is -0.490 e. The highest BCUT2D eigenvalue weighted by molar-refractivity contribution is 9.10. The van der Waals surface area contributed by atoms with E-state index >= 15 is 0 Å². The first-order valence-corrected chi connectivity index (χ1v) is 7.13. The molecule has 0 bridgehead atoms. The number of hydrogen-bond donors (Lipinski definition) is 1. The van der Waals surface area contributed by atoms with Crippen molar-refractivity contribution in [2.75, 3.05) is 0 Å². The average Bonchev–Trinajstić information content (AvgIpc) is 2.30. The van der Waals surface area contributed by atoms with E-state index in [0.717, 1.165) is 28.6 Å². The second-order valence-electron chi connectivity index (χ2n) is 4.38. The predicted octanol–water partition coefficient (Wildman–Crippen LogP) is 3.79. The van der Waals surface area contributed by atoms with Gasteiger partial charge in [-0.15, -0.1) is 0 Å². The van der Waals surface area contributed by atoms with Gasteiger partial charge in [-0.2, -0.15) is 0 Å². The van der Waals surface area contributed by atoms with Gasteiger partial charge in [0.05, 0.1) is 11.7 Å². The van der Waals surface area contributed by atoms with Crippen molar-refractivity contribution in [1.82, 2.24) is 0 Å². The number of hydrogen-bond acceptors (Lipinski definition) is 2. The van der Waals surface area contributed by atoms with Crippen molar-refractivity contribution in [3.05, 3.63) is 28.2 Å². The van der Waals surface area contributed by atoms with Crippen molar-refractivity contribution in [2.24, 2.45) is 5.73 Å². The number of ether oxygens (including phenoxy) is 1. The van der Waals surface area contributed by atoms with E-state index in [1.54, 1.807) is 0 Å². The third-order valence-corrected chi connectivity index (χ3v) is 3.77. The van der Waals surface area contributed by atoms with Crippen LogP contribution >= 0.6 is 28.1 Å². The molecule has 1 fully saturated rings. The summed E-state index contributed by atoms with van der Waals surface area (Å²) in [5.74, 6) is 0.804. The Labute approximate surface area is 116 Å². The molecule has 1 aromatic carbocycles. The minimum absolute atomic E-state index is 0.311. The van der Waals surface area contributed by atoms with Crippen LogP contribution in [0.4, 0.5) is 0 Å². The maximum Gasteiger partial charge on any atom is 0.131 e. The van der Waals surface area contributed by atoms with E-state index in [4.69, 9.17) is 22.7 Å². The van der Waals surface area contributed by atoms with E-state index < -0.39 is 0 Å². The maximum absolute atomic E-state index is 6.03. The van der Waals surface area contributed by atoms with Crippen molar-refractivity contribution < 1.29 is 4.74 Å². The smallest absolute Gasteiger partial charge is 0.131 e. The molecule has 92 valence electrons. The lowest BCUT2D eigenvalue weighted by Gasteiger charge is -2.24. The molecule has 0 spiro atoms. The summed E-state index contributed by atoms with van der Waals surface area (Å²) in [6.07, 6.45) is 6.39. The molecule has 0 saturated heterocycles. The summed E-state index contributed by atoms with van der Waals surface area (Å²) in [6, 6.07) is 5.79. The zero-order valence-electron chi connectivity index (χ0n) is 9.62. The SMILES string of the molecule is NC(=S)c1ccc(Br)cc1OC1CCCCC1. The van der Waals surface area contributed by atoms with Crippen molar-refractivity contribution in [1.29, 1.82) is 0 Å². The van der Waals surface area contributed by atoms with Gasteiger partial charge in [-0.3, -0.25) is 0 Å². The van der Waals surface area contributed by atoms with Gasteiger partial charge >= 0.3 is 0 Å². The molecule has 1 aliphatic carbocycles. The van der Waals surface area contributed by atoms with E-state index in [1.807, 2.05) is 18.2 Å². The molecule has 0 heterocycles. The number of halogens is 1. The summed E-state index contributed by atoms with van der Waals surface area (Å²) in [6.45, 7) is 0. The van der Waals surface area contributed by atoms with Crippen LogP contribution in [-0.2, 0) is 0 Å². The number of rotatable bonds is 3. The Morgan fingerprint density at radius 3 is 2.65 bits per heavy atom. The van der Waals surface area contributed by atoms with Crippen molar-refractivity contribution in [3.8, 4) is 5.75 Å². The molecule has 0 radical (unpaired) electrons. The second-order valence-corrected chi connectivity index (χ2v) is 5.74. The summed E-state index contributed by atoms with van der Waals surface area (Å²) in [5, 5.41) is 0. The molecule has 1 aromatic rings. The average molecular weight is 314 g/mol. The highest BCUT2D eigenvalue weighted by atomic mass is 79.9. The number of nitrogens with two attached hydrogens (primary N) is 1. The maximum atomic E-state index is 6.03. The second kappa shape index (κ2) is 5.83. The fourth-order valence-corrected chi connectivity index (χ4v) is 2.67. The van der Waals surface area contributed by atoms with Crippen molar-refractivity contribution in [3.63, 3.8) is 0 Å². The molecular weight excluding hydrogens is 298 g/mol. The van der Waals surface area contributed by atoms with Crippen LogP contribution in [0.2, 0.25) is 0 Å². The molecule has 0 atom stereocenters. The van der Waals surface area contributed by atoms with Gasteiger partial charge in [-0.25, -0.2) is 0 Å². The van der Waals surface area contributed by atoms with Gasteiger partial charge in [0.1, 0.15) is 10.7 Å². The highest BCUT2D eigenvalue weighted by Crippen LogP contribution is 2.28. The first-order valence-electron chi connectivity index (χ1n) is 5.93. The van der Waals surface area contributed by atoms with Gasteiger partial charge in [0, 0.05) is 4.47 Å². The number of thiocarbonyl (C=S) groups is 1. The molecule has 0 aromatic heterocycles. The molecular formula is C13H16BrNOS. The van der Waals surface area contributed by atoms with Crippen LogP contribution in [-0.4, -0.2) is 11.1 Å². The Morgan fingerprint density at radius 1 is 1.29 bits per heavy atom. The van der Waals surface area contributed by atoms with Gasteiger partial charge in [-0.1, -0.05) is 34.6 Å². The largest absolute Gasteiger partial charge is 0.490 e. The van der Waals surface area contributed by atoms with Gasteiger partial charge in [0.25, 0.3) is 0 Å². The Bertz CT molecular complexity index is 416. The Kier molecular flexibility index (Phi) is 4.40. The van der Waals surface area contributed by atoms with Crippen LogP contribution in [0.25, 0.3) is 0 Å². The minimum atomic E-state index is 0.311. The molecule has 2 nitrogen and oxygen atoms in total. The van der Waals surface area contributed by atoms with Gasteiger partial charge in [0.2, 0.25) is 0 Å². The molecule has 1 aliphatic rings. The molecule has 0 amide bonds. The summed E-state index contributed by atoms with van der Waals surface area (Å²) >= 11 is 8.49. The molecule has 4 heteroatoms.